The standard InChI is InChI=1S/C10H11Br2N3O2/c1-5(9(13)15-17)14-10(16)6-2-7(11)4-8(12)3-6/h2-5,17H,1H3,(H2,13,15)(H,14,16). The normalized spacial score (nSPS) is 13.2. The van der Waals surface area contributed by atoms with Gasteiger partial charge in [-0.3, -0.25) is 4.79 Å². The van der Waals surface area contributed by atoms with Crippen LogP contribution in [0.3, 0.4) is 0 Å². The number of hydrogen-bond acceptors (Lipinski definition) is 3. The second kappa shape index (κ2) is 6.02. The van der Waals surface area contributed by atoms with E-state index in [1.54, 1.807) is 19.1 Å². The van der Waals surface area contributed by atoms with Crippen molar-refractivity contribution >= 4 is 43.6 Å². The van der Waals surface area contributed by atoms with Gasteiger partial charge in [0, 0.05) is 14.5 Å². The minimum absolute atomic E-state index is 0.0487. The second-order valence-electron chi connectivity index (χ2n) is 3.38. The third-order valence-electron chi connectivity index (χ3n) is 2.03. The van der Waals surface area contributed by atoms with E-state index in [2.05, 4.69) is 42.3 Å². The van der Waals surface area contributed by atoms with E-state index in [1.165, 1.54) is 0 Å². The van der Waals surface area contributed by atoms with Crippen molar-refractivity contribution in [1.29, 1.82) is 0 Å². The maximum absolute atomic E-state index is 11.8. The lowest BCUT2D eigenvalue weighted by Gasteiger charge is -2.12. The molecule has 1 unspecified atom stereocenters. The van der Waals surface area contributed by atoms with Crippen molar-refractivity contribution < 1.29 is 10.0 Å². The van der Waals surface area contributed by atoms with Crippen molar-refractivity contribution in [3.8, 4) is 0 Å². The van der Waals surface area contributed by atoms with E-state index in [-0.39, 0.29) is 11.7 Å². The highest BCUT2D eigenvalue weighted by atomic mass is 79.9. The van der Waals surface area contributed by atoms with Gasteiger partial charge >= 0.3 is 0 Å². The second-order valence-corrected chi connectivity index (χ2v) is 5.21. The number of hydrogen-bond donors (Lipinski definition) is 3. The number of carbonyl (C=O) groups is 1. The molecule has 0 aliphatic heterocycles. The topological polar surface area (TPSA) is 87.7 Å². The van der Waals surface area contributed by atoms with Crippen LogP contribution < -0.4 is 11.1 Å². The summed E-state index contributed by atoms with van der Waals surface area (Å²) in [4.78, 5) is 11.8. The molecule has 0 saturated heterocycles. The van der Waals surface area contributed by atoms with Crippen molar-refractivity contribution in [2.24, 2.45) is 10.9 Å². The maximum atomic E-state index is 11.8. The summed E-state index contributed by atoms with van der Waals surface area (Å²) in [6.07, 6.45) is 0. The zero-order valence-electron chi connectivity index (χ0n) is 8.95. The summed E-state index contributed by atoms with van der Waals surface area (Å²) in [7, 11) is 0. The van der Waals surface area contributed by atoms with E-state index >= 15 is 0 Å². The van der Waals surface area contributed by atoms with E-state index in [0.717, 1.165) is 8.95 Å². The highest BCUT2D eigenvalue weighted by molar-refractivity contribution is 9.11. The van der Waals surface area contributed by atoms with E-state index < -0.39 is 6.04 Å². The molecule has 0 aromatic heterocycles. The molecule has 1 aromatic rings. The Bertz CT molecular complexity index is 443. The number of carbonyl (C=O) groups excluding carboxylic acids is 1. The van der Waals surface area contributed by atoms with Crippen LogP contribution in [0.25, 0.3) is 0 Å². The third kappa shape index (κ3) is 4.01. The van der Waals surface area contributed by atoms with Crippen molar-refractivity contribution in [3.63, 3.8) is 0 Å². The van der Waals surface area contributed by atoms with Crippen LogP contribution in [0.1, 0.15) is 17.3 Å². The number of benzene rings is 1. The van der Waals surface area contributed by atoms with Gasteiger partial charge in [0.25, 0.3) is 5.91 Å². The lowest BCUT2D eigenvalue weighted by molar-refractivity contribution is 0.0948. The molecular weight excluding hydrogens is 354 g/mol. The van der Waals surface area contributed by atoms with Crippen molar-refractivity contribution in [2.75, 3.05) is 0 Å². The van der Waals surface area contributed by atoms with Gasteiger partial charge in [-0.1, -0.05) is 37.0 Å². The summed E-state index contributed by atoms with van der Waals surface area (Å²) in [5, 5.41) is 13.9. The molecule has 0 bridgehead atoms. The van der Waals surface area contributed by atoms with Crippen LogP contribution >= 0.6 is 31.9 Å². The molecule has 4 N–H and O–H groups in total. The Morgan fingerprint density at radius 2 is 1.94 bits per heavy atom. The molecule has 92 valence electrons. The van der Waals surface area contributed by atoms with Crippen LogP contribution in [0.4, 0.5) is 0 Å². The number of nitrogens with one attached hydrogen (secondary N) is 1. The average molecular weight is 365 g/mol. The smallest absolute Gasteiger partial charge is 0.251 e. The molecule has 0 heterocycles. The summed E-state index contributed by atoms with van der Waals surface area (Å²) in [6, 6.07) is 4.65. The van der Waals surface area contributed by atoms with Gasteiger partial charge in [-0.05, 0) is 25.1 Å². The van der Waals surface area contributed by atoms with Crippen LogP contribution in [0.15, 0.2) is 32.3 Å². The minimum atomic E-state index is -0.537. The monoisotopic (exact) mass is 363 g/mol. The fourth-order valence-corrected chi connectivity index (χ4v) is 2.42. The summed E-state index contributed by atoms with van der Waals surface area (Å²) in [5.41, 5.74) is 5.85. The quantitative estimate of drug-likeness (QED) is 0.332. The van der Waals surface area contributed by atoms with Gasteiger partial charge in [-0.25, -0.2) is 0 Å². The van der Waals surface area contributed by atoms with Crippen LogP contribution in [-0.4, -0.2) is 23.0 Å². The Kier molecular flexibility index (Phi) is 4.95. The number of amides is 1. The molecular formula is C10H11Br2N3O2. The number of nitrogens with zero attached hydrogens (tertiary/aromatic N) is 1. The number of rotatable bonds is 3. The number of nitrogens with two attached hydrogens (primary N) is 1. The zero-order chi connectivity index (χ0) is 13.0. The van der Waals surface area contributed by atoms with Crippen LogP contribution in [0.5, 0.6) is 0 Å². The molecule has 0 radical (unpaired) electrons. The molecule has 1 atom stereocenters. The van der Waals surface area contributed by atoms with Gasteiger partial charge < -0.3 is 16.3 Å². The fourth-order valence-electron chi connectivity index (χ4n) is 1.13. The predicted molar refractivity (Wildman–Crippen MR) is 72.2 cm³/mol. The number of amidine groups is 1. The maximum Gasteiger partial charge on any atom is 0.251 e. The molecule has 1 rings (SSSR count). The first-order chi connectivity index (χ1) is 7.93. The van der Waals surface area contributed by atoms with Gasteiger partial charge in [0.15, 0.2) is 5.84 Å². The van der Waals surface area contributed by atoms with E-state index in [1.807, 2.05) is 6.07 Å². The van der Waals surface area contributed by atoms with Gasteiger partial charge in [-0.15, -0.1) is 0 Å². The molecule has 0 aliphatic rings. The Labute approximate surface area is 115 Å². The molecule has 5 nitrogen and oxygen atoms in total. The first kappa shape index (κ1) is 14.0. The van der Waals surface area contributed by atoms with Crippen molar-refractivity contribution in [2.45, 2.75) is 13.0 Å². The lowest BCUT2D eigenvalue weighted by Crippen LogP contribution is -2.42. The SMILES string of the molecule is CC(NC(=O)c1cc(Br)cc(Br)c1)/C(N)=N/O. The molecule has 0 fully saturated rings. The van der Waals surface area contributed by atoms with Crippen LogP contribution in [-0.2, 0) is 0 Å². The molecule has 17 heavy (non-hydrogen) atoms. The van der Waals surface area contributed by atoms with Gasteiger partial charge in [0.2, 0.25) is 0 Å². The molecule has 0 saturated carbocycles. The third-order valence-corrected chi connectivity index (χ3v) is 2.95. The largest absolute Gasteiger partial charge is 0.409 e. The van der Waals surface area contributed by atoms with Gasteiger partial charge in [-0.2, -0.15) is 0 Å². The van der Waals surface area contributed by atoms with Gasteiger partial charge in [0.1, 0.15) is 0 Å². The van der Waals surface area contributed by atoms with Crippen LogP contribution in [0, 0.1) is 0 Å². The minimum Gasteiger partial charge on any atom is -0.409 e. The lowest BCUT2D eigenvalue weighted by atomic mass is 10.2. The van der Waals surface area contributed by atoms with Crippen LogP contribution in [0.2, 0.25) is 0 Å². The number of oxime groups is 1. The molecule has 1 amide bonds. The van der Waals surface area contributed by atoms with E-state index in [9.17, 15) is 4.79 Å². The Hall–Kier alpha value is -1.08. The fraction of sp³-hybridized carbons (Fsp3) is 0.200. The van der Waals surface area contributed by atoms with Crippen molar-refractivity contribution in [1.82, 2.24) is 5.32 Å². The highest BCUT2D eigenvalue weighted by Gasteiger charge is 2.13. The Morgan fingerprint density at radius 1 is 1.41 bits per heavy atom. The average Bonchev–Trinajstić information content (AvgIpc) is 2.26. The zero-order valence-corrected chi connectivity index (χ0v) is 12.1. The van der Waals surface area contributed by atoms with E-state index in [4.69, 9.17) is 10.9 Å². The highest BCUT2D eigenvalue weighted by Crippen LogP contribution is 2.20. The number of halogens is 2. The van der Waals surface area contributed by atoms with Gasteiger partial charge in [0.05, 0.1) is 6.04 Å². The Morgan fingerprint density at radius 3 is 2.41 bits per heavy atom. The Balaban J connectivity index is 2.83. The summed E-state index contributed by atoms with van der Waals surface area (Å²) in [6.45, 7) is 1.62. The molecule has 0 spiro atoms. The first-order valence-electron chi connectivity index (χ1n) is 4.68. The van der Waals surface area contributed by atoms with E-state index in [0.29, 0.717) is 5.56 Å². The first-order valence-corrected chi connectivity index (χ1v) is 6.27. The molecule has 1 aromatic carbocycles. The molecule has 7 heteroatoms. The summed E-state index contributed by atoms with van der Waals surface area (Å²) in [5.74, 6) is -0.349. The van der Waals surface area contributed by atoms with Crippen molar-refractivity contribution in [3.05, 3.63) is 32.7 Å². The summed E-state index contributed by atoms with van der Waals surface area (Å²) >= 11 is 6.58. The summed E-state index contributed by atoms with van der Waals surface area (Å²) < 4.78 is 1.57. The predicted octanol–water partition coefficient (Wildman–Crippen LogP) is 2.08. The molecule has 0 aliphatic carbocycles.